The van der Waals surface area contributed by atoms with Crippen molar-refractivity contribution in [2.24, 2.45) is 0 Å². The molecule has 0 atom stereocenters. The molecule has 1 aliphatic rings. The number of rotatable bonds is 5. The Morgan fingerprint density at radius 3 is 2.42 bits per heavy atom. The second-order valence-electron chi connectivity index (χ2n) is 8.24. The van der Waals surface area contributed by atoms with E-state index in [9.17, 15) is 13.2 Å². The average Bonchev–Trinajstić information content (AvgIpc) is 3.13. The van der Waals surface area contributed by atoms with Crippen molar-refractivity contribution in [3.05, 3.63) is 64.1 Å². The fourth-order valence-corrected chi connectivity index (χ4v) is 5.92. The van der Waals surface area contributed by atoms with Gasteiger partial charge in [0.1, 0.15) is 5.69 Å². The van der Waals surface area contributed by atoms with Gasteiger partial charge in [-0.2, -0.15) is 9.40 Å². The van der Waals surface area contributed by atoms with E-state index in [0.717, 1.165) is 30.7 Å². The first-order valence-electron chi connectivity index (χ1n) is 10.8. The van der Waals surface area contributed by atoms with E-state index >= 15 is 0 Å². The third-order valence-corrected chi connectivity index (χ3v) is 8.00. The number of carbonyl (C=O) groups excluding carboxylic acids is 1. The molecule has 1 saturated heterocycles. The van der Waals surface area contributed by atoms with Gasteiger partial charge in [0.15, 0.2) is 5.82 Å². The SMILES string of the molecule is Cc1cc(C)n(-c2ccc(Cl)c(C(=O)Nc3ccc(C)c(S(=O)(=O)N4CCCCC4)c3)n2)n1. The summed E-state index contributed by atoms with van der Waals surface area (Å²) in [5.41, 5.74) is 2.72. The standard InChI is InChI=1S/C23H26ClN5O3S/c1-15-7-8-18(14-20(15)33(31,32)28-11-5-4-6-12-28)25-23(30)22-19(24)9-10-21(26-22)29-17(3)13-16(2)27-29/h7-10,13-14H,4-6,11-12H2,1-3H3,(H,25,30). The minimum Gasteiger partial charge on any atom is -0.321 e. The molecule has 0 saturated carbocycles. The molecule has 0 spiro atoms. The average molecular weight is 488 g/mol. The number of halogens is 1. The highest BCUT2D eigenvalue weighted by Crippen LogP contribution is 2.27. The Labute approximate surface area is 198 Å². The molecule has 1 aromatic carbocycles. The van der Waals surface area contributed by atoms with Crippen LogP contribution < -0.4 is 5.32 Å². The zero-order valence-electron chi connectivity index (χ0n) is 18.8. The molecule has 174 valence electrons. The minimum absolute atomic E-state index is 0.0303. The van der Waals surface area contributed by atoms with Crippen molar-refractivity contribution in [2.75, 3.05) is 18.4 Å². The van der Waals surface area contributed by atoms with Gasteiger partial charge in [-0.1, -0.05) is 24.1 Å². The number of pyridine rings is 1. The Balaban J connectivity index is 1.62. The van der Waals surface area contributed by atoms with Gasteiger partial charge in [-0.05, 0) is 69.5 Å². The number of benzene rings is 1. The quantitative estimate of drug-likeness (QED) is 0.579. The molecule has 3 aromatic rings. The van der Waals surface area contributed by atoms with Crippen molar-refractivity contribution in [1.29, 1.82) is 0 Å². The lowest BCUT2D eigenvalue weighted by molar-refractivity contribution is 0.102. The van der Waals surface area contributed by atoms with Gasteiger partial charge in [0, 0.05) is 24.5 Å². The highest BCUT2D eigenvalue weighted by molar-refractivity contribution is 7.89. The third kappa shape index (κ3) is 4.80. The van der Waals surface area contributed by atoms with E-state index in [1.165, 1.54) is 10.4 Å². The van der Waals surface area contributed by atoms with E-state index < -0.39 is 15.9 Å². The number of sulfonamides is 1. The van der Waals surface area contributed by atoms with Crippen LogP contribution in [-0.2, 0) is 10.0 Å². The van der Waals surface area contributed by atoms with Crippen LogP contribution >= 0.6 is 11.6 Å². The molecule has 0 bridgehead atoms. The third-order valence-electron chi connectivity index (χ3n) is 5.65. The molecule has 10 heteroatoms. The van der Waals surface area contributed by atoms with E-state index in [1.54, 1.807) is 35.9 Å². The number of anilines is 1. The molecule has 0 unspecified atom stereocenters. The van der Waals surface area contributed by atoms with Crippen LogP contribution in [0.15, 0.2) is 41.3 Å². The predicted molar refractivity (Wildman–Crippen MR) is 128 cm³/mol. The maximum atomic E-state index is 13.2. The van der Waals surface area contributed by atoms with Crippen LogP contribution in [0.1, 0.15) is 46.7 Å². The Kier molecular flexibility index (Phi) is 6.56. The van der Waals surface area contributed by atoms with Crippen molar-refractivity contribution in [3.8, 4) is 5.82 Å². The number of hydrogen-bond donors (Lipinski definition) is 1. The van der Waals surface area contributed by atoms with Crippen LogP contribution in [0.4, 0.5) is 5.69 Å². The van der Waals surface area contributed by atoms with Crippen LogP contribution in [0.3, 0.4) is 0 Å². The Morgan fingerprint density at radius 2 is 1.76 bits per heavy atom. The highest BCUT2D eigenvalue weighted by atomic mass is 35.5. The molecular formula is C23H26ClN5O3S. The lowest BCUT2D eigenvalue weighted by Gasteiger charge is -2.26. The maximum absolute atomic E-state index is 13.2. The van der Waals surface area contributed by atoms with Gasteiger partial charge in [-0.3, -0.25) is 4.79 Å². The molecule has 2 aromatic heterocycles. The van der Waals surface area contributed by atoms with Crippen LogP contribution in [0.5, 0.6) is 0 Å². The number of nitrogens with zero attached hydrogens (tertiary/aromatic N) is 4. The Hall–Kier alpha value is -2.75. The summed E-state index contributed by atoms with van der Waals surface area (Å²) in [5.74, 6) is -0.0685. The fourth-order valence-electron chi connectivity index (χ4n) is 3.96. The first-order valence-corrected chi connectivity index (χ1v) is 12.6. The molecule has 4 rings (SSSR count). The first kappa shape index (κ1) is 23.4. The largest absolute Gasteiger partial charge is 0.321 e. The Bertz CT molecular complexity index is 1310. The summed E-state index contributed by atoms with van der Waals surface area (Å²) >= 11 is 6.26. The molecular weight excluding hydrogens is 462 g/mol. The number of amides is 1. The van der Waals surface area contributed by atoms with Crippen LogP contribution in [0, 0.1) is 20.8 Å². The Morgan fingerprint density at radius 1 is 1.03 bits per heavy atom. The van der Waals surface area contributed by atoms with Crippen molar-refractivity contribution in [1.82, 2.24) is 19.1 Å². The fraction of sp³-hybridized carbons (Fsp3) is 0.348. The van der Waals surface area contributed by atoms with E-state index in [4.69, 9.17) is 11.6 Å². The number of piperidine rings is 1. The minimum atomic E-state index is -3.64. The van der Waals surface area contributed by atoms with Crippen LogP contribution in [0.25, 0.3) is 5.82 Å². The highest BCUT2D eigenvalue weighted by Gasteiger charge is 2.28. The van der Waals surface area contributed by atoms with Crippen molar-refractivity contribution in [2.45, 2.75) is 44.9 Å². The molecule has 3 heterocycles. The predicted octanol–water partition coefficient (Wildman–Crippen LogP) is 4.27. The first-order chi connectivity index (χ1) is 15.7. The second kappa shape index (κ2) is 9.24. The molecule has 0 aliphatic carbocycles. The monoisotopic (exact) mass is 487 g/mol. The van der Waals surface area contributed by atoms with Gasteiger partial charge in [0.05, 0.1) is 15.6 Å². The molecule has 33 heavy (non-hydrogen) atoms. The number of carbonyl (C=O) groups is 1. The van der Waals surface area contributed by atoms with Gasteiger partial charge in [0.2, 0.25) is 10.0 Å². The summed E-state index contributed by atoms with van der Waals surface area (Å²) in [7, 11) is -3.64. The topological polar surface area (TPSA) is 97.2 Å². The summed E-state index contributed by atoms with van der Waals surface area (Å²) < 4.78 is 29.5. The van der Waals surface area contributed by atoms with E-state index in [0.29, 0.717) is 30.2 Å². The zero-order chi connectivity index (χ0) is 23.8. The second-order valence-corrected chi connectivity index (χ2v) is 10.6. The van der Waals surface area contributed by atoms with Gasteiger partial charge in [0.25, 0.3) is 5.91 Å². The normalized spacial score (nSPS) is 14.9. The number of aromatic nitrogens is 3. The van der Waals surface area contributed by atoms with Crippen LogP contribution in [-0.4, -0.2) is 46.5 Å². The van der Waals surface area contributed by atoms with Gasteiger partial charge in [-0.15, -0.1) is 0 Å². The lowest BCUT2D eigenvalue weighted by Crippen LogP contribution is -2.36. The summed E-state index contributed by atoms with van der Waals surface area (Å²) in [6.07, 6.45) is 2.74. The molecule has 1 amide bonds. The smallest absolute Gasteiger partial charge is 0.275 e. The number of nitrogens with one attached hydrogen (secondary N) is 1. The molecule has 1 aliphatic heterocycles. The lowest BCUT2D eigenvalue weighted by atomic mass is 10.2. The van der Waals surface area contributed by atoms with Crippen molar-refractivity contribution >= 4 is 33.2 Å². The van der Waals surface area contributed by atoms with Gasteiger partial charge >= 0.3 is 0 Å². The van der Waals surface area contributed by atoms with Gasteiger partial charge in [-0.25, -0.2) is 18.1 Å². The van der Waals surface area contributed by atoms with Crippen molar-refractivity contribution < 1.29 is 13.2 Å². The maximum Gasteiger partial charge on any atom is 0.275 e. The van der Waals surface area contributed by atoms with E-state index in [-0.39, 0.29) is 15.6 Å². The summed E-state index contributed by atoms with van der Waals surface area (Å²) in [6.45, 7) is 6.54. The van der Waals surface area contributed by atoms with E-state index in [1.807, 2.05) is 19.9 Å². The number of aryl methyl sites for hydroxylation is 3. The van der Waals surface area contributed by atoms with E-state index in [2.05, 4.69) is 15.4 Å². The molecule has 1 N–H and O–H groups in total. The number of hydrogen-bond acceptors (Lipinski definition) is 5. The van der Waals surface area contributed by atoms with Crippen LogP contribution in [0.2, 0.25) is 5.02 Å². The summed E-state index contributed by atoms with van der Waals surface area (Å²) in [5, 5.41) is 7.32. The summed E-state index contributed by atoms with van der Waals surface area (Å²) in [6, 6.07) is 10.0. The summed E-state index contributed by atoms with van der Waals surface area (Å²) in [4.78, 5) is 17.6. The molecule has 0 radical (unpaired) electrons. The molecule has 1 fully saturated rings. The molecule has 8 nitrogen and oxygen atoms in total. The van der Waals surface area contributed by atoms with Gasteiger partial charge < -0.3 is 5.32 Å². The zero-order valence-corrected chi connectivity index (χ0v) is 20.4. The van der Waals surface area contributed by atoms with Crippen molar-refractivity contribution in [3.63, 3.8) is 0 Å².